The number of rotatable bonds is 2. The van der Waals surface area contributed by atoms with Crippen molar-refractivity contribution in [3.05, 3.63) is 71.8 Å². The lowest BCUT2D eigenvalue weighted by Gasteiger charge is -2.13. The van der Waals surface area contributed by atoms with E-state index >= 15 is 0 Å². The van der Waals surface area contributed by atoms with Crippen molar-refractivity contribution in [2.75, 3.05) is 0 Å². The number of hydrogen-bond acceptors (Lipinski definition) is 0. The predicted molar refractivity (Wildman–Crippen MR) is 90.9 cm³/mol. The Balaban J connectivity index is 2.62. The highest BCUT2D eigenvalue weighted by atomic mass is 14.1. The minimum absolute atomic E-state index is 1.22. The van der Waals surface area contributed by atoms with Crippen LogP contribution in [-0.4, -0.2) is 0 Å². The summed E-state index contributed by atoms with van der Waals surface area (Å²) in [6.07, 6.45) is 4.23. The summed E-state index contributed by atoms with van der Waals surface area (Å²) in [5, 5.41) is 5.17. The Morgan fingerprint density at radius 1 is 0.750 bits per heavy atom. The Hall–Kier alpha value is -2.34. The van der Waals surface area contributed by atoms with Crippen molar-refractivity contribution in [2.45, 2.75) is 13.8 Å². The van der Waals surface area contributed by atoms with Crippen LogP contribution in [0.3, 0.4) is 0 Å². The molecule has 0 fully saturated rings. The summed E-state index contributed by atoms with van der Waals surface area (Å²) in [5.74, 6) is 0. The molecule has 0 heteroatoms. The van der Waals surface area contributed by atoms with Crippen LogP contribution in [0.1, 0.15) is 25.0 Å². The van der Waals surface area contributed by atoms with Gasteiger partial charge in [-0.2, -0.15) is 0 Å². The van der Waals surface area contributed by atoms with Crippen molar-refractivity contribution in [3.8, 4) is 0 Å². The van der Waals surface area contributed by atoms with Crippen LogP contribution in [-0.2, 0) is 0 Å². The molecule has 0 bridgehead atoms. The van der Waals surface area contributed by atoms with E-state index in [1.165, 1.54) is 38.2 Å². The fraction of sp³-hybridized carbons (Fsp3) is 0.100. The molecule has 0 amide bonds. The molecule has 0 spiro atoms. The van der Waals surface area contributed by atoms with Gasteiger partial charge in [-0.15, -0.1) is 0 Å². The molecule has 3 aromatic carbocycles. The van der Waals surface area contributed by atoms with Crippen molar-refractivity contribution in [3.63, 3.8) is 0 Å². The number of allylic oxidation sites excluding steroid dienone is 1. The maximum atomic E-state index is 4.03. The average Bonchev–Trinajstić information content (AvgIpc) is 2.47. The van der Waals surface area contributed by atoms with E-state index in [1.807, 2.05) is 6.08 Å². The largest absolute Gasteiger partial charge is 0.0984 e. The summed E-state index contributed by atoms with van der Waals surface area (Å²) in [7, 11) is 0. The fourth-order valence-electron chi connectivity index (χ4n) is 2.86. The summed E-state index contributed by atoms with van der Waals surface area (Å²) >= 11 is 0. The van der Waals surface area contributed by atoms with E-state index in [0.29, 0.717) is 0 Å². The van der Waals surface area contributed by atoms with Crippen LogP contribution in [0.4, 0.5) is 0 Å². The first-order valence-corrected chi connectivity index (χ1v) is 6.93. The molecular formula is C20H18. The molecule has 0 N–H and O–H groups in total. The van der Waals surface area contributed by atoms with Gasteiger partial charge in [-0.25, -0.2) is 0 Å². The minimum atomic E-state index is 1.22. The van der Waals surface area contributed by atoms with Gasteiger partial charge in [0.2, 0.25) is 0 Å². The first-order chi connectivity index (χ1) is 9.72. The minimum Gasteiger partial charge on any atom is -0.0984 e. The topological polar surface area (TPSA) is 0 Å². The molecule has 0 saturated carbocycles. The molecule has 3 rings (SSSR count). The molecule has 98 valence electrons. The zero-order chi connectivity index (χ0) is 14.1. The molecule has 0 nitrogen and oxygen atoms in total. The second-order valence-electron chi connectivity index (χ2n) is 5.34. The highest BCUT2D eigenvalue weighted by Crippen LogP contribution is 2.34. The first kappa shape index (κ1) is 12.7. The van der Waals surface area contributed by atoms with E-state index in [-0.39, 0.29) is 0 Å². The Kier molecular flexibility index (Phi) is 3.15. The van der Waals surface area contributed by atoms with Gasteiger partial charge in [0.1, 0.15) is 0 Å². The highest BCUT2D eigenvalue weighted by molar-refractivity contribution is 6.14. The zero-order valence-corrected chi connectivity index (χ0v) is 12.0. The lowest BCUT2D eigenvalue weighted by atomic mass is 9.91. The van der Waals surface area contributed by atoms with Gasteiger partial charge in [-0.1, -0.05) is 72.8 Å². The van der Waals surface area contributed by atoms with Crippen LogP contribution in [0.25, 0.3) is 33.7 Å². The van der Waals surface area contributed by atoms with E-state index in [0.717, 1.165) is 0 Å². The van der Waals surface area contributed by atoms with Gasteiger partial charge in [0.15, 0.2) is 0 Å². The third-order valence-corrected chi connectivity index (χ3v) is 3.65. The number of hydrogen-bond donors (Lipinski definition) is 0. The van der Waals surface area contributed by atoms with Crippen molar-refractivity contribution in [1.82, 2.24) is 0 Å². The van der Waals surface area contributed by atoms with Crippen molar-refractivity contribution >= 4 is 33.7 Å². The van der Waals surface area contributed by atoms with Gasteiger partial charge >= 0.3 is 0 Å². The number of benzene rings is 3. The number of fused-ring (bicyclic) bond motifs is 3. The van der Waals surface area contributed by atoms with Crippen molar-refractivity contribution < 1.29 is 0 Å². The van der Waals surface area contributed by atoms with Crippen molar-refractivity contribution in [1.29, 1.82) is 0 Å². The van der Waals surface area contributed by atoms with E-state index in [2.05, 4.69) is 75.0 Å². The van der Waals surface area contributed by atoms with Gasteiger partial charge in [-0.05, 0) is 46.5 Å². The highest BCUT2D eigenvalue weighted by Gasteiger charge is 2.09. The molecule has 20 heavy (non-hydrogen) atoms. The Labute approximate surface area is 120 Å². The quantitative estimate of drug-likeness (QED) is 0.490. The molecule has 0 radical (unpaired) electrons. The van der Waals surface area contributed by atoms with E-state index in [9.17, 15) is 0 Å². The van der Waals surface area contributed by atoms with Gasteiger partial charge < -0.3 is 0 Å². The lowest BCUT2D eigenvalue weighted by molar-refractivity contribution is 1.42. The van der Waals surface area contributed by atoms with Crippen LogP contribution < -0.4 is 0 Å². The van der Waals surface area contributed by atoms with Crippen LogP contribution in [0.15, 0.2) is 60.7 Å². The van der Waals surface area contributed by atoms with E-state index in [4.69, 9.17) is 0 Å². The molecule has 0 unspecified atom stereocenters. The molecule has 0 aliphatic rings. The monoisotopic (exact) mass is 258 g/mol. The summed E-state index contributed by atoms with van der Waals surface area (Å²) < 4.78 is 0. The summed E-state index contributed by atoms with van der Waals surface area (Å²) in [6, 6.07) is 17.2. The molecular weight excluding hydrogens is 240 g/mol. The molecule has 0 aliphatic heterocycles. The van der Waals surface area contributed by atoms with E-state index in [1.54, 1.807) is 0 Å². The smallest absolute Gasteiger partial charge is 0.00990 e. The summed E-state index contributed by atoms with van der Waals surface area (Å²) in [5.41, 5.74) is 3.79. The maximum Gasteiger partial charge on any atom is -0.00990 e. The van der Waals surface area contributed by atoms with Gasteiger partial charge in [0.25, 0.3) is 0 Å². The molecule has 0 saturated heterocycles. The molecule has 0 atom stereocenters. The average molecular weight is 258 g/mol. The summed E-state index contributed by atoms with van der Waals surface area (Å²) in [6.45, 7) is 8.30. The van der Waals surface area contributed by atoms with Crippen LogP contribution in [0.2, 0.25) is 0 Å². The van der Waals surface area contributed by atoms with Crippen LogP contribution in [0, 0.1) is 0 Å². The normalized spacial score (nSPS) is 10.7. The standard InChI is InChI=1S/C20H18/c1-4-15-16-9-5-6-10-17(16)18-11-7-8-12-19(18)20(15)13-14(2)3/h4-13H,1H2,2-3H3. The first-order valence-electron chi connectivity index (χ1n) is 6.93. The molecule has 0 aliphatic carbocycles. The fourth-order valence-corrected chi connectivity index (χ4v) is 2.86. The SMILES string of the molecule is C=Cc1c(C=C(C)C)c2ccccc2c2ccccc12. The molecule has 0 aromatic heterocycles. The Morgan fingerprint density at radius 3 is 1.65 bits per heavy atom. The second kappa shape index (κ2) is 4.97. The third-order valence-electron chi connectivity index (χ3n) is 3.65. The summed E-state index contributed by atoms with van der Waals surface area (Å²) in [4.78, 5) is 0. The Morgan fingerprint density at radius 2 is 1.20 bits per heavy atom. The molecule has 0 heterocycles. The van der Waals surface area contributed by atoms with Gasteiger partial charge in [0, 0.05) is 0 Å². The van der Waals surface area contributed by atoms with Gasteiger partial charge in [-0.3, -0.25) is 0 Å². The maximum absolute atomic E-state index is 4.03. The van der Waals surface area contributed by atoms with Crippen LogP contribution >= 0.6 is 0 Å². The molecule has 3 aromatic rings. The lowest BCUT2D eigenvalue weighted by Crippen LogP contribution is -1.89. The zero-order valence-electron chi connectivity index (χ0n) is 12.0. The predicted octanol–water partition coefficient (Wildman–Crippen LogP) is 6.06. The second-order valence-corrected chi connectivity index (χ2v) is 5.34. The van der Waals surface area contributed by atoms with Crippen molar-refractivity contribution in [2.24, 2.45) is 0 Å². The third kappa shape index (κ3) is 1.94. The van der Waals surface area contributed by atoms with E-state index < -0.39 is 0 Å². The Bertz CT molecular complexity index is 831. The van der Waals surface area contributed by atoms with Gasteiger partial charge in [0.05, 0.1) is 0 Å². The van der Waals surface area contributed by atoms with Crippen LogP contribution in [0.5, 0.6) is 0 Å².